The number of hydrogen-bond donors (Lipinski definition) is 2. The summed E-state index contributed by atoms with van der Waals surface area (Å²) in [5.41, 5.74) is 1.53. The third kappa shape index (κ3) is 3.32. The van der Waals surface area contributed by atoms with Crippen molar-refractivity contribution in [1.82, 2.24) is 4.72 Å². The number of anilines is 1. The highest BCUT2D eigenvalue weighted by atomic mass is 32.2. The number of sulfonamides is 1. The number of hydrogen-bond acceptors (Lipinski definition) is 4. The van der Waals surface area contributed by atoms with E-state index in [0.29, 0.717) is 17.7 Å². The molecule has 0 atom stereocenters. The molecule has 0 saturated heterocycles. The lowest BCUT2D eigenvalue weighted by Crippen LogP contribution is -2.28. The van der Waals surface area contributed by atoms with E-state index < -0.39 is 15.4 Å². The Morgan fingerprint density at radius 1 is 1.15 bits per heavy atom. The SMILES string of the molecule is COc1ccccc1CCNS(=O)(=O)c1ccc2c(c1)C(C)(C)C(=O)N2. The number of carbonyl (C=O) groups excluding carboxylic acids is 1. The molecular weight excluding hydrogens is 352 g/mol. The van der Waals surface area contributed by atoms with Crippen molar-refractivity contribution in [2.24, 2.45) is 0 Å². The van der Waals surface area contributed by atoms with Crippen LogP contribution in [0.2, 0.25) is 0 Å². The van der Waals surface area contributed by atoms with E-state index in [1.807, 2.05) is 24.3 Å². The van der Waals surface area contributed by atoms with E-state index in [1.54, 1.807) is 33.1 Å². The van der Waals surface area contributed by atoms with Crippen LogP contribution >= 0.6 is 0 Å². The summed E-state index contributed by atoms with van der Waals surface area (Å²) in [6.45, 7) is 3.81. The van der Waals surface area contributed by atoms with Crippen molar-refractivity contribution in [3.05, 3.63) is 53.6 Å². The van der Waals surface area contributed by atoms with E-state index >= 15 is 0 Å². The first kappa shape index (κ1) is 18.4. The third-order valence-corrected chi connectivity index (χ3v) is 6.13. The Hall–Kier alpha value is -2.38. The molecule has 0 spiro atoms. The van der Waals surface area contributed by atoms with Crippen molar-refractivity contribution in [2.75, 3.05) is 19.0 Å². The maximum atomic E-state index is 12.6. The van der Waals surface area contributed by atoms with E-state index in [2.05, 4.69) is 10.0 Å². The van der Waals surface area contributed by atoms with Gasteiger partial charge in [0.25, 0.3) is 0 Å². The average Bonchev–Trinajstić information content (AvgIpc) is 2.84. The fourth-order valence-electron chi connectivity index (χ4n) is 3.03. The van der Waals surface area contributed by atoms with Gasteiger partial charge in [0.1, 0.15) is 5.75 Å². The molecule has 138 valence electrons. The molecule has 0 fully saturated rings. The Bertz CT molecular complexity index is 952. The van der Waals surface area contributed by atoms with Crippen LogP contribution in [0.5, 0.6) is 5.75 Å². The van der Waals surface area contributed by atoms with Gasteiger partial charge in [-0.2, -0.15) is 0 Å². The van der Waals surface area contributed by atoms with Gasteiger partial charge in [0.05, 0.1) is 17.4 Å². The van der Waals surface area contributed by atoms with Crippen LogP contribution in [0.4, 0.5) is 5.69 Å². The van der Waals surface area contributed by atoms with Crippen molar-refractivity contribution >= 4 is 21.6 Å². The summed E-state index contributed by atoms with van der Waals surface area (Å²) in [5.74, 6) is 0.599. The van der Waals surface area contributed by atoms with Gasteiger partial charge in [0.2, 0.25) is 15.9 Å². The number of amides is 1. The number of fused-ring (bicyclic) bond motifs is 1. The molecule has 0 unspecified atom stereocenters. The standard InChI is InChI=1S/C19H22N2O4S/c1-19(2)15-12-14(8-9-16(15)21-18(19)22)26(23,24)20-11-10-13-6-4-5-7-17(13)25-3/h4-9,12,20H,10-11H2,1-3H3,(H,21,22). The Morgan fingerprint density at radius 2 is 1.88 bits per heavy atom. The first-order chi connectivity index (χ1) is 12.3. The van der Waals surface area contributed by atoms with Crippen molar-refractivity contribution < 1.29 is 17.9 Å². The minimum Gasteiger partial charge on any atom is -0.496 e. The van der Waals surface area contributed by atoms with Gasteiger partial charge in [-0.25, -0.2) is 13.1 Å². The lowest BCUT2D eigenvalue weighted by molar-refractivity contribution is -0.119. The molecule has 0 saturated carbocycles. The highest BCUT2D eigenvalue weighted by molar-refractivity contribution is 7.89. The van der Waals surface area contributed by atoms with Gasteiger partial charge < -0.3 is 10.1 Å². The number of nitrogens with one attached hydrogen (secondary N) is 2. The van der Waals surface area contributed by atoms with Crippen molar-refractivity contribution in [1.29, 1.82) is 0 Å². The summed E-state index contributed by atoms with van der Waals surface area (Å²) in [6, 6.07) is 12.2. The molecule has 2 aromatic rings. The van der Waals surface area contributed by atoms with Crippen LogP contribution in [0.25, 0.3) is 0 Å². The lowest BCUT2D eigenvalue weighted by atomic mass is 9.86. The summed E-state index contributed by atoms with van der Waals surface area (Å²) in [6.07, 6.45) is 0.514. The minimum atomic E-state index is -3.67. The largest absolute Gasteiger partial charge is 0.496 e. The van der Waals surface area contributed by atoms with Crippen LogP contribution in [0.3, 0.4) is 0 Å². The summed E-state index contributed by atoms with van der Waals surface area (Å²) in [5, 5.41) is 2.78. The summed E-state index contributed by atoms with van der Waals surface area (Å²) >= 11 is 0. The van der Waals surface area contributed by atoms with E-state index in [1.165, 1.54) is 6.07 Å². The summed E-state index contributed by atoms with van der Waals surface area (Å²) in [7, 11) is -2.08. The molecule has 3 rings (SSSR count). The predicted molar refractivity (Wildman–Crippen MR) is 100.0 cm³/mol. The van der Waals surface area contributed by atoms with Gasteiger partial charge in [0, 0.05) is 12.2 Å². The number of rotatable bonds is 6. The quantitative estimate of drug-likeness (QED) is 0.813. The van der Waals surface area contributed by atoms with Gasteiger partial charge in [0.15, 0.2) is 0 Å². The Balaban J connectivity index is 1.76. The average molecular weight is 374 g/mol. The Labute approximate surface area is 153 Å². The van der Waals surface area contributed by atoms with E-state index in [-0.39, 0.29) is 17.3 Å². The van der Waals surface area contributed by atoms with Crippen molar-refractivity contribution in [3.8, 4) is 5.75 Å². The molecule has 0 bridgehead atoms. The molecule has 26 heavy (non-hydrogen) atoms. The van der Waals surface area contributed by atoms with Crippen molar-refractivity contribution in [2.45, 2.75) is 30.6 Å². The minimum absolute atomic E-state index is 0.133. The normalized spacial score (nSPS) is 15.4. The number of benzene rings is 2. The molecule has 1 amide bonds. The van der Waals surface area contributed by atoms with Gasteiger partial charge in [-0.3, -0.25) is 4.79 Å². The Kier molecular flexibility index (Phi) is 4.77. The zero-order valence-electron chi connectivity index (χ0n) is 15.0. The van der Waals surface area contributed by atoms with Crippen LogP contribution in [0.1, 0.15) is 25.0 Å². The number of methoxy groups -OCH3 is 1. The van der Waals surface area contributed by atoms with Crippen molar-refractivity contribution in [3.63, 3.8) is 0 Å². The molecule has 1 aliphatic heterocycles. The predicted octanol–water partition coefficient (Wildman–Crippen LogP) is 2.45. The first-order valence-electron chi connectivity index (χ1n) is 8.33. The number of carbonyl (C=O) groups is 1. The van der Waals surface area contributed by atoms with Gasteiger partial charge >= 0.3 is 0 Å². The van der Waals surface area contributed by atoms with Crippen LogP contribution in [0, 0.1) is 0 Å². The molecule has 6 nitrogen and oxygen atoms in total. The van der Waals surface area contributed by atoms with Gasteiger partial charge in [-0.05, 0) is 55.7 Å². The smallest absolute Gasteiger partial charge is 0.240 e. The van der Waals surface area contributed by atoms with Crippen LogP contribution in [-0.2, 0) is 26.7 Å². The molecule has 1 aliphatic rings. The number of para-hydroxylation sites is 1. The fraction of sp³-hybridized carbons (Fsp3) is 0.316. The molecule has 2 N–H and O–H groups in total. The summed E-state index contributed by atoms with van der Waals surface area (Å²) < 4.78 is 33.1. The maximum absolute atomic E-state index is 12.6. The van der Waals surface area contributed by atoms with Crippen LogP contribution in [-0.4, -0.2) is 28.0 Å². The first-order valence-corrected chi connectivity index (χ1v) is 9.81. The van der Waals surface area contributed by atoms with Gasteiger partial charge in [-0.1, -0.05) is 18.2 Å². The number of ether oxygens (including phenoxy) is 1. The fourth-order valence-corrected chi connectivity index (χ4v) is 4.09. The molecule has 7 heteroatoms. The second-order valence-electron chi connectivity index (χ2n) is 6.75. The van der Waals surface area contributed by atoms with E-state index in [0.717, 1.165) is 11.3 Å². The highest BCUT2D eigenvalue weighted by Gasteiger charge is 2.39. The monoisotopic (exact) mass is 374 g/mol. The Morgan fingerprint density at radius 3 is 2.62 bits per heavy atom. The molecule has 0 aromatic heterocycles. The molecule has 0 aliphatic carbocycles. The molecule has 0 radical (unpaired) electrons. The van der Waals surface area contributed by atoms with E-state index in [4.69, 9.17) is 4.74 Å². The maximum Gasteiger partial charge on any atom is 0.240 e. The van der Waals surface area contributed by atoms with Crippen LogP contribution in [0.15, 0.2) is 47.4 Å². The third-order valence-electron chi connectivity index (χ3n) is 4.67. The zero-order chi connectivity index (χ0) is 18.9. The lowest BCUT2D eigenvalue weighted by Gasteiger charge is -2.16. The van der Waals surface area contributed by atoms with Gasteiger partial charge in [-0.15, -0.1) is 0 Å². The van der Waals surface area contributed by atoms with Crippen LogP contribution < -0.4 is 14.8 Å². The summed E-state index contributed by atoms with van der Waals surface area (Å²) in [4.78, 5) is 12.2. The second-order valence-corrected chi connectivity index (χ2v) is 8.51. The van der Waals surface area contributed by atoms with E-state index in [9.17, 15) is 13.2 Å². The molecular formula is C19H22N2O4S. The topological polar surface area (TPSA) is 84.5 Å². The zero-order valence-corrected chi connectivity index (χ0v) is 15.8. The molecule has 2 aromatic carbocycles. The second kappa shape index (κ2) is 6.74. The molecule has 1 heterocycles. The highest BCUT2D eigenvalue weighted by Crippen LogP contribution is 2.38.